The monoisotopic (exact) mass is 366 g/mol. The molecule has 1 aliphatic heterocycles. The van der Waals surface area contributed by atoms with Gasteiger partial charge in [-0.3, -0.25) is 9.59 Å². The van der Waals surface area contributed by atoms with E-state index in [1.54, 1.807) is 18.1 Å². The first kappa shape index (κ1) is 19.6. The Kier molecular flexibility index (Phi) is 6.71. The van der Waals surface area contributed by atoms with E-state index in [1.807, 2.05) is 17.9 Å². The maximum atomic E-state index is 12.8. The Bertz CT molecular complexity index is 642. The fraction of sp³-hybridized carbons (Fsp3) is 0.579. The highest BCUT2D eigenvalue weighted by Crippen LogP contribution is 2.37. The van der Waals surface area contributed by atoms with Crippen LogP contribution in [0.3, 0.4) is 0 Å². The van der Waals surface area contributed by atoms with Crippen molar-refractivity contribution >= 4 is 29.1 Å². The summed E-state index contributed by atoms with van der Waals surface area (Å²) in [6.45, 7) is 7.87. The predicted octanol–water partition coefficient (Wildman–Crippen LogP) is 3.66. The minimum absolute atomic E-state index is 0.0497. The van der Waals surface area contributed by atoms with Crippen molar-refractivity contribution in [1.29, 1.82) is 0 Å². The van der Waals surface area contributed by atoms with Crippen molar-refractivity contribution in [2.75, 3.05) is 31.6 Å². The van der Waals surface area contributed by atoms with Crippen molar-refractivity contribution < 1.29 is 14.3 Å². The minimum atomic E-state index is -0.300. The summed E-state index contributed by atoms with van der Waals surface area (Å²) in [5.74, 6) is 0.276. The molecule has 138 valence electrons. The van der Waals surface area contributed by atoms with Gasteiger partial charge in [0.15, 0.2) is 0 Å². The van der Waals surface area contributed by atoms with Crippen molar-refractivity contribution in [3.8, 4) is 5.75 Å². The summed E-state index contributed by atoms with van der Waals surface area (Å²) in [6.07, 6.45) is 2.08. The van der Waals surface area contributed by atoms with E-state index in [9.17, 15) is 9.59 Å². The molecule has 1 aromatic carbocycles. The molecule has 1 aliphatic rings. The minimum Gasteiger partial charge on any atom is -0.495 e. The molecular weight excluding hydrogens is 340 g/mol. The molecule has 1 atom stereocenters. The summed E-state index contributed by atoms with van der Waals surface area (Å²) in [5, 5.41) is 0.594. The van der Waals surface area contributed by atoms with Gasteiger partial charge in [-0.1, -0.05) is 25.4 Å². The van der Waals surface area contributed by atoms with Crippen molar-refractivity contribution in [2.24, 2.45) is 5.92 Å². The molecule has 0 aromatic heterocycles. The van der Waals surface area contributed by atoms with Gasteiger partial charge >= 0.3 is 0 Å². The first-order valence-electron chi connectivity index (χ1n) is 8.86. The highest BCUT2D eigenvalue weighted by molar-refractivity contribution is 6.31. The van der Waals surface area contributed by atoms with E-state index in [0.29, 0.717) is 23.0 Å². The maximum absolute atomic E-state index is 12.8. The number of methoxy groups -OCH3 is 1. The first-order chi connectivity index (χ1) is 11.9. The number of nitrogens with zero attached hydrogens (tertiary/aromatic N) is 2. The van der Waals surface area contributed by atoms with Crippen molar-refractivity contribution in [3.63, 3.8) is 0 Å². The lowest BCUT2D eigenvalue weighted by atomic mass is 10.1. The van der Waals surface area contributed by atoms with Crippen LogP contribution in [0, 0.1) is 12.8 Å². The van der Waals surface area contributed by atoms with Gasteiger partial charge in [0.2, 0.25) is 11.8 Å². The van der Waals surface area contributed by atoms with Gasteiger partial charge in [-0.05, 0) is 31.4 Å². The summed E-state index contributed by atoms with van der Waals surface area (Å²) < 4.78 is 5.39. The molecule has 1 saturated heterocycles. The fourth-order valence-electron chi connectivity index (χ4n) is 3.26. The van der Waals surface area contributed by atoms with Gasteiger partial charge in [0.25, 0.3) is 0 Å². The highest BCUT2D eigenvalue weighted by atomic mass is 35.5. The zero-order chi connectivity index (χ0) is 18.6. The van der Waals surface area contributed by atoms with E-state index in [2.05, 4.69) is 13.8 Å². The summed E-state index contributed by atoms with van der Waals surface area (Å²) in [5.41, 5.74) is 1.56. The Balaban J connectivity index is 2.23. The summed E-state index contributed by atoms with van der Waals surface area (Å²) in [7, 11) is 1.55. The van der Waals surface area contributed by atoms with Gasteiger partial charge in [-0.25, -0.2) is 0 Å². The second-order valence-corrected chi connectivity index (χ2v) is 6.91. The lowest BCUT2D eigenvalue weighted by Crippen LogP contribution is -2.38. The molecule has 0 aliphatic carbocycles. The number of ether oxygens (including phenoxy) is 1. The lowest BCUT2D eigenvalue weighted by Gasteiger charge is -2.25. The molecule has 0 bridgehead atoms. The number of amides is 2. The number of benzene rings is 1. The molecule has 1 aromatic rings. The van der Waals surface area contributed by atoms with Crippen LogP contribution in [0.5, 0.6) is 5.75 Å². The second kappa shape index (κ2) is 8.56. The second-order valence-electron chi connectivity index (χ2n) is 6.50. The molecule has 1 unspecified atom stereocenters. The number of hydrogen-bond acceptors (Lipinski definition) is 3. The summed E-state index contributed by atoms with van der Waals surface area (Å²) >= 11 is 6.15. The number of hydrogen-bond donors (Lipinski definition) is 0. The fourth-order valence-corrected chi connectivity index (χ4v) is 3.41. The quantitative estimate of drug-likeness (QED) is 0.740. The molecule has 1 heterocycles. The van der Waals surface area contributed by atoms with E-state index in [-0.39, 0.29) is 24.2 Å². The van der Waals surface area contributed by atoms with Crippen molar-refractivity contribution in [3.05, 3.63) is 22.7 Å². The Hall–Kier alpha value is -1.75. The van der Waals surface area contributed by atoms with E-state index in [1.165, 1.54) is 0 Å². The van der Waals surface area contributed by atoms with Gasteiger partial charge in [-0.15, -0.1) is 0 Å². The predicted molar refractivity (Wildman–Crippen MR) is 100 cm³/mol. The topological polar surface area (TPSA) is 49.9 Å². The van der Waals surface area contributed by atoms with Crippen LogP contribution in [0.2, 0.25) is 5.02 Å². The molecule has 0 saturated carbocycles. The third-order valence-electron chi connectivity index (χ3n) is 4.52. The molecule has 0 radical (unpaired) electrons. The molecule has 6 heteroatoms. The third kappa shape index (κ3) is 4.27. The smallest absolute Gasteiger partial charge is 0.228 e. The molecule has 0 N–H and O–H groups in total. The Morgan fingerprint density at radius 1 is 1.32 bits per heavy atom. The van der Waals surface area contributed by atoms with Crippen LogP contribution >= 0.6 is 11.6 Å². The average Bonchev–Trinajstić information content (AvgIpc) is 2.97. The molecule has 2 amide bonds. The zero-order valence-corrected chi connectivity index (χ0v) is 16.2. The van der Waals surface area contributed by atoms with Gasteiger partial charge in [0.1, 0.15) is 5.75 Å². The number of aryl methyl sites for hydroxylation is 1. The van der Waals surface area contributed by atoms with Crippen LogP contribution in [0.4, 0.5) is 5.69 Å². The zero-order valence-electron chi connectivity index (χ0n) is 15.5. The van der Waals surface area contributed by atoms with Crippen LogP contribution in [-0.2, 0) is 9.59 Å². The molecular formula is C19H27ClN2O3. The van der Waals surface area contributed by atoms with E-state index in [0.717, 1.165) is 31.5 Å². The Morgan fingerprint density at radius 2 is 1.96 bits per heavy atom. The van der Waals surface area contributed by atoms with Crippen LogP contribution in [0.1, 0.15) is 38.7 Å². The van der Waals surface area contributed by atoms with Gasteiger partial charge in [-0.2, -0.15) is 0 Å². The Labute approximate surface area is 154 Å². The highest BCUT2D eigenvalue weighted by Gasteiger charge is 2.38. The summed E-state index contributed by atoms with van der Waals surface area (Å²) in [4.78, 5) is 28.9. The van der Waals surface area contributed by atoms with Gasteiger partial charge in [0.05, 0.1) is 18.7 Å². The summed E-state index contributed by atoms with van der Waals surface area (Å²) in [6, 6.07) is 3.57. The normalized spacial score (nSPS) is 17.1. The van der Waals surface area contributed by atoms with Crippen LogP contribution in [0.15, 0.2) is 12.1 Å². The SMILES string of the molecule is CCCN(CCC)C(=O)C1CC(=O)N(c2cc(C)c(Cl)cc2OC)C1. The number of carbonyl (C=O) groups is 2. The number of rotatable bonds is 7. The lowest BCUT2D eigenvalue weighted by molar-refractivity contribution is -0.135. The number of anilines is 1. The Morgan fingerprint density at radius 3 is 2.52 bits per heavy atom. The first-order valence-corrected chi connectivity index (χ1v) is 9.23. The standard InChI is InChI=1S/C19H27ClN2O3/c1-5-7-21(8-6-2)19(24)14-10-18(23)22(12-14)16-9-13(3)15(20)11-17(16)25-4/h9,11,14H,5-8,10,12H2,1-4H3. The van der Waals surface area contributed by atoms with Crippen molar-refractivity contribution in [1.82, 2.24) is 4.90 Å². The molecule has 5 nitrogen and oxygen atoms in total. The van der Waals surface area contributed by atoms with Crippen molar-refractivity contribution in [2.45, 2.75) is 40.0 Å². The van der Waals surface area contributed by atoms with Crippen LogP contribution in [0.25, 0.3) is 0 Å². The molecule has 2 rings (SSSR count). The molecule has 0 spiro atoms. The van der Waals surface area contributed by atoms with Gasteiger partial charge < -0.3 is 14.5 Å². The maximum Gasteiger partial charge on any atom is 0.228 e. The van der Waals surface area contributed by atoms with Gasteiger partial charge in [0, 0.05) is 37.1 Å². The third-order valence-corrected chi connectivity index (χ3v) is 4.93. The molecule has 1 fully saturated rings. The van der Waals surface area contributed by atoms with Crippen LogP contribution in [-0.4, -0.2) is 43.5 Å². The average molecular weight is 367 g/mol. The van der Waals surface area contributed by atoms with E-state index in [4.69, 9.17) is 16.3 Å². The number of carbonyl (C=O) groups excluding carboxylic acids is 2. The molecule has 25 heavy (non-hydrogen) atoms. The number of halogens is 1. The van der Waals surface area contributed by atoms with E-state index >= 15 is 0 Å². The van der Waals surface area contributed by atoms with Crippen LogP contribution < -0.4 is 9.64 Å². The largest absolute Gasteiger partial charge is 0.495 e. The van der Waals surface area contributed by atoms with E-state index < -0.39 is 0 Å².